The first-order valence-corrected chi connectivity index (χ1v) is 7.68. The second kappa shape index (κ2) is 6.75. The minimum absolute atomic E-state index is 0.0300. The Balaban J connectivity index is 2.54. The number of hydrogen-bond acceptors (Lipinski definition) is 2. The lowest BCUT2D eigenvalue weighted by atomic mass is 10.2. The molecule has 1 aromatic carbocycles. The predicted molar refractivity (Wildman–Crippen MR) is 90.4 cm³/mol. The number of halogens is 6. The Morgan fingerprint density at radius 3 is 2.40 bits per heavy atom. The van der Waals surface area contributed by atoms with Crippen molar-refractivity contribution >= 4 is 79.9 Å². The van der Waals surface area contributed by atoms with Gasteiger partial charge in [-0.3, -0.25) is 0 Å². The van der Waals surface area contributed by atoms with Gasteiger partial charge in [0.25, 0.3) is 0 Å². The van der Waals surface area contributed by atoms with Crippen LogP contribution in [0, 0.1) is 9.39 Å². The molecule has 0 saturated carbocycles. The van der Waals surface area contributed by atoms with Crippen LogP contribution in [0.15, 0.2) is 29.4 Å². The molecule has 0 fully saturated rings. The van der Waals surface area contributed by atoms with Gasteiger partial charge in [0, 0.05) is 15.3 Å². The van der Waals surface area contributed by atoms with Crippen LogP contribution < -0.4 is 0 Å². The zero-order valence-corrected chi connectivity index (χ0v) is 14.7. The van der Waals surface area contributed by atoms with Gasteiger partial charge in [-0.1, -0.05) is 46.4 Å². The van der Waals surface area contributed by atoms with Gasteiger partial charge < -0.3 is 0 Å². The number of benzene rings is 1. The summed E-state index contributed by atoms with van der Waals surface area (Å²) in [5.74, 6) is -0.759. The summed E-state index contributed by atoms with van der Waals surface area (Å²) in [6.07, 6.45) is 1.32. The van der Waals surface area contributed by atoms with E-state index in [0.717, 1.165) is 3.57 Å². The lowest BCUT2D eigenvalue weighted by molar-refractivity contribution is 0.624. The molecule has 2 nitrogen and oxygen atoms in total. The largest absolute Gasteiger partial charge is 0.241 e. The number of rotatable bonds is 2. The van der Waals surface area contributed by atoms with Gasteiger partial charge in [-0.25, -0.2) is 14.4 Å². The second-order valence-corrected chi connectivity index (χ2v) is 6.36. The Bertz CT molecular complexity index is 683. The molecule has 0 aliphatic rings. The highest BCUT2D eigenvalue weighted by molar-refractivity contribution is 14.1. The summed E-state index contributed by atoms with van der Waals surface area (Å²) in [6.45, 7) is 0. The molecule has 0 aliphatic carbocycles. The average Bonchev–Trinajstić information content (AvgIpc) is 2.33. The van der Waals surface area contributed by atoms with Crippen LogP contribution in [0.25, 0.3) is 0 Å². The fourth-order valence-corrected chi connectivity index (χ4v) is 3.60. The molecule has 0 N–H and O–H groups in total. The van der Waals surface area contributed by atoms with E-state index >= 15 is 0 Å². The van der Waals surface area contributed by atoms with E-state index in [1.54, 1.807) is 12.1 Å². The monoisotopic (exact) mass is 462 g/mol. The van der Waals surface area contributed by atoms with Gasteiger partial charge in [0.15, 0.2) is 11.0 Å². The fraction of sp³-hybridized carbons (Fsp3) is 0. The minimum Gasteiger partial charge on any atom is -0.241 e. The Morgan fingerprint density at radius 1 is 1.20 bits per heavy atom. The van der Waals surface area contributed by atoms with E-state index in [4.69, 9.17) is 46.4 Å². The predicted octanol–water partition coefficient (Wildman–Crippen LogP) is 6.10. The van der Waals surface area contributed by atoms with Crippen LogP contribution >= 0.6 is 69.0 Å². The minimum atomic E-state index is -0.759. The summed E-state index contributed by atoms with van der Waals surface area (Å²) in [7, 11) is 0. The van der Waals surface area contributed by atoms with Crippen molar-refractivity contribution in [2.45, 2.75) is 0 Å². The van der Waals surface area contributed by atoms with Crippen molar-refractivity contribution in [1.82, 2.24) is 4.98 Å². The van der Waals surface area contributed by atoms with Crippen molar-refractivity contribution in [3.05, 3.63) is 54.5 Å². The van der Waals surface area contributed by atoms with Crippen LogP contribution in [0.3, 0.4) is 0 Å². The van der Waals surface area contributed by atoms with Crippen molar-refractivity contribution in [1.29, 1.82) is 0 Å². The second-order valence-electron chi connectivity index (χ2n) is 3.58. The van der Waals surface area contributed by atoms with E-state index in [1.807, 2.05) is 0 Å². The highest BCUT2D eigenvalue weighted by Gasteiger charge is 2.14. The lowest BCUT2D eigenvalue weighted by Gasteiger charge is -2.06. The van der Waals surface area contributed by atoms with E-state index in [9.17, 15) is 4.39 Å². The molecule has 2 rings (SSSR count). The van der Waals surface area contributed by atoms with Crippen molar-refractivity contribution < 1.29 is 4.39 Å². The third-order valence-corrected chi connectivity index (χ3v) is 4.01. The molecular formula is C12H4Cl4FIN2. The quantitative estimate of drug-likeness (QED) is 0.300. The number of aromatic nitrogens is 1. The van der Waals surface area contributed by atoms with Crippen LogP contribution in [0.2, 0.25) is 15.2 Å². The third kappa shape index (κ3) is 3.54. The molecule has 20 heavy (non-hydrogen) atoms. The highest BCUT2D eigenvalue weighted by atomic mass is 127. The maximum Gasteiger partial charge on any atom is 0.186 e. The highest BCUT2D eigenvalue weighted by Crippen LogP contribution is 2.31. The van der Waals surface area contributed by atoms with Gasteiger partial charge in [0.1, 0.15) is 10.9 Å². The Morgan fingerprint density at radius 2 is 1.80 bits per heavy atom. The molecule has 0 atom stereocenters. The first-order valence-electron chi connectivity index (χ1n) is 5.09. The van der Waals surface area contributed by atoms with E-state index in [-0.39, 0.29) is 16.0 Å². The molecule has 2 aromatic rings. The molecule has 8 heteroatoms. The van der Waals surface area contributed by atoms with Gasteiger partial charge in [0.2, 0.25) is 0 Å². The summed E-state index contributed by atoms with van der Waals surface area (Å²) in [4.78, 5) is 7.54. The van der Waals surface area contributed by atoms with Crippen LogP contribution in [0.4, 0.5) is 10.1 Å². The number of pyridine rings is 1. The van der Waals surface area contributed by atoms with E-state index < -0.39 is 5.82 Å². The summed E-state index contributed by atoms with van der Waals surface area (Å²) < 4.78 is 14.6. The molecule has 0 unspecified atom stereocenters. The maximum atomic E-state index is 13.7. The molecule has 0 spiro atoms. The van der Waals surface area contributed by atoms with Crippen molar-refractivity contribution in [2.75, 3.05) is 0 Å². The maximum absolute atomic E-state index is 13.7. The van der Waals surface area contributed by atoms with Gasteiger partial charge in [-0.05, 0) is 40.8 Å². The normalized spacial score (nSPS) is 11.8. The topological polar surface area (TPSA) is 25.2 Å². The van der Waals surface area contributed by atoms with Crippen molar-refractivity contribution in [3.8, 4) is 0 Å². The Kier molecular flexibility index (Phi) is 5.48. The zero-order chi connectivity index (χ0) is 14.9. The number of hydrogen-bond donors (Lipinski definition) is 0. The van der Waals surface area contributed by atoms with E-state index in [2.05, 4.69) is 32.6 Å². The summed E-state index contributed by atoms with van der Waals surface area (Å²) >= 11 is 25.9. The van der Waals surface area contributed by atoms with Gasteiger partial charge in [-0.2, -0.15) is 0 Å². The standard InChI is InChI=1S/C12H4Cl4FIN2/c13-6-3-5(18)4-7(14)9(6)11(15)20-8-1-2-19-12(16)10(8)17/h1-4H/b20-11-. The van der Waals surface area contributed by atoms with Gasteiger partial charge >= 0.3 is 0 Å². The summed E-state index contributed by atoms with van der Waals surface area (Å²) in [6, 6.07) is 4.70. The zero-order valence-electron chi connectivity index (χ0n) is 9.47. The molecule has 0 bridgehead atoms. The van der Waals surface area contributed by atoms with Gasteiger partial charge in [-0.15, -0.1) is 0 Å². The van der Waals surface area contributed by atoms with Crippen LogP contribution in [0.1, 0.15) is 5.56 Å². The molecular weight excluding hydrogens is 460 g/mol. The van der Waals surface area contributed by atoms with Crippen LogP contribution in [0.5, 0.6) is 0 Å². The first-order chi connectivity index (χ1) is 9.40. The van der Waals surface area contributed by atoms with Crippen LogP contribution in [-0.4, -0.2) is 10.2 Å². The molecule has 104 valence electrons. The van der Waals surface area contributed by atoms with Crippen LogP contribution in [-0.2, 0) is 0 Å². The first kappa shape index (κ1) is 16.2. The van der Waals surface area contributed by atoms with E-state index in [0.29, 0.717) is 15.6 Å². The lowest BCUT2D eigenvalue weighted by Crippen LogP contribution is -1.96. The van der Waals surface area contributed by atoms with Crippen molar-refractivity contribution in [2.24, 2.45) is 4.99 Å². The third-order valence-electron chi connectivity index (χ3n) is 2.26. The molecule has 1 aromatic heterocycles. The Hall–Kier alpha value is -0.140. The average molecular weight is 464 g/mol. The summed E-state index contributed by atoms with van der Waals surface area (Å²) in [5.41, 5.74) is 0.295. The fourth-order valence-electron chi connectivity index (χ4n) is 1.40. The molecule has 0 amide bonds. The van der Waals surface area contributed by atoms with Crippen molar-refractivity contribution in [3.63, 3.8) is 0 Å². The molecule has 1 heterocycles. The number of aliphatic imine (C=N–C) groups is 1. The molecule has 0 radical (unpaired) electrons. The van der Waals surface area contributed by atoms with E-state index in [1.165, 1.54) is 12.3 Å². The smallest absolute Gasteiger partial charge is 0.186 e. The number of nitrogens with zero attached hydrogens (tertiary/aromatic N) is 2. The SMILES string of the molecule is Fc1c(/N=C(\Cl)c2c(Cl)cc(I)cc2Cl)ccnc1Cl. The van der Waals surface area contributed by atoms with Gasteiger partial charge in [0.05, 0.1) is 10.0 Å². The molecule has 0 saturated heterocycles. The molecule has 0 aliphatic heterocycles. The summed E-state index contributed by atoms with van der Waals surface area (Å²) in [5, 5.41) is 0.348. The Labute approximate surface area is 148 Å².